The van der Waals surface area contributed by atoms with Crippen LogP contribution in [0.1, 0.15) is 43.7 Å². The first-order valence-electron chi connectivity index (χ1n) is 6.80. The minimum atomic E-state index is -0.223. The number of nitrogens with one attached hydrogen (secondary N) is 1. The van der Waals surface area contributed by atoms with Gasteiger partial charge < -0.3 is 5.32 Å². The van der Waals surface area contributed by atoms with E-state index < -0.39 is 0 Å². The van der Waals surface area contributed by atoms with E-state index in [1.165, 1.54) is 18.6 Å². The highest BCUT2D eigenvalue weighted by molar-refractivity contribution is 5.81. The molecule has 0 heterocycles. The highest BCUT2D eigenvalue weighted by atomic mass is 19.1. The molecule has 96 valence electrons. The lowest BCUT2D eigenvalue weighted by atomic mass is 9.77. The molecule has 1 N–H and O–H groups in total. The van der Waals surface area contributed by atoms with E-state index in [4.69, 9.17) is 0 Å². The molecule has 1 atom stereocenters. The largest absolute Gasteiger partial charge is 0.349 e. The smallest absolute Gasteiger partial charge is 0.223 e. The Morgan fingerprint density at radius 3 is 2.33 bits per heavy atom. The summed E-state index contributed by atoms with van der Waals surface area (Å²) in [6.45, 7) is 0. The second-order valence-electron chi connectivity index (χ2n) is 5.50. The van der Waals surface area contributed by atoms with Crippen LogP contribution in [0.15, 0.2) is 24.3 Å². The van der Waals surface area contributed by atoms with Crippen molar-refractivity contribution in [3.05, 3.63) is 35.6 Å². The molecule has 0 saturated heterocycles. The van der Waals surface area contributed by atoms with Crippen molar-refractivity contribution in [1.82, 2.24) is 5.32 Å². The van der Waals surface area contributed by atoms with E-state index in [2.05, 4.69) is 5.32 Å². The molecule has 0 bridgehead atoms. The zero-order valence-corrected chi connectivity index (χ0v) is 10.4. The number of hydrogen-bond acceptors (Lipinski definition) is 1. The van der Waals surface area contributed by atoms with Crippen LogP contribution in [0.4, 0.5) is 4.39 Å². The molecule has 0 radical (unpaired) electrons. The average molecular weight is 247 g/mol. The second-order valence-corrected chi connectivity index (χ2v) is 5.50. The number of hydrogen-bond donors (Lipinski definition) is 1. The fourth-order valence-corrected chi connectivity index (χ4v) is 2.53. The summed E-state index contributed by atoms with van der Waals surface area (Å²) in [5.41, 5.74) is 1.04. The van der Waals surface area contributed by atoms with E-state index in [9.17, 15) is 9.18 Å². The fraction of sp³-hybridized carbons (Fsp3) is 0.533. The molecule has 2 aliphatic carbocycles. The molecule has 2 fully saturated rings. The molecule has 1 aromatic carbocycles. The molecule has 0 spiro atoms. The highest BCUT2D eigenvalue weighted by Crippen LogP contribution is 2.39. The summed E-state index contributed by atoms with van der Waals surface area (Å²) in [5.74, 6) is 0.710. The summed E-state index contributed by atoms with van der Waals surface area (Å²) in [4.78, 5) is 11.9. The standard InChI is InChI=1S/C15H18FNO/c16-13-8-6-11(7-9-13)14(10-2-1-3-10)17-15(18)12-4-5-12/h6-10,12,14H,1-5H2,(H,17,18)/t14-/m1/s1. The average Bonchev–Trinajstić information content (AvgIpc) is 3.10. The van der Waals surface area contributed by atoms with Gasteiger partial charge in [-0.25, -0.2) is 4.39 Å². The van der Waals surface area contributed by atoms with E-state index in [-0.39, 0.29) is 23.7 Å². The zero-order chi connectivity index (χ0) is 12.5. The summed E-state index contributed by atoms with van der Waals surface area (Å²) in [6.07, 6.45) is 5.60. The Morgan fingerprint density at radius 2 is 1.83 bits per heavy atom. The Kier molecular flexibility index (Phi) is 3.06. The molecule has 2 nitrogen and oxygen atoms in total. The van der Waals surface area contributed by atoms with Crippen LogP contribution in [0.3, 0.4) is 0 Å². The Morgan fingerprint density at radius 1 is 1.17 bits per heavy atom. The van der Waals surface area contributed by atoms with E-state index in [1.54, 1.807) is 12.1 Å². The Bertz CT molecular complexity index is 434. The topological polar surface area (TPSA) is 29.1 Å². The van der Waals surface area contributed by atoms with Crippen molar-refractivity contribution < 1.29 is 9.18 Å². The minimum Gasteiger partial charge on any atom is -0.349 e. The number of amides is 1. The molecule has 0 aliphatic heterocycles. The summed E-state index contributed by atoms with van der Waals surface area (Å²) in [5, 5.41) is 3.16. The molecule has 3 heteroatoms. The van der Waals surface area contributed by atoms with E-state index in [1.807, 2.05) is 0 Å². The van der Waals surface area contributed by atoms with Gasteiger partial charge in [-0.3, -0.25) is 4.79 Å². The van der Waals surface area contributed by atoms with Crippen molar-refractivity contribution in [3.63, 3.8) is 0 Å². The normalized spacial score (nSPS) is 21.2. The summed E-state index contributed by atoms with van der Waals surface area (Å²) < 4.78 is 13.0. The SMILES string of the molecule is O=C(N[C@@H](c1ccc(F)cc1)C1CCC1)C1CC1. The third-order valence-corrected chi connectivity index (χ3v) is 4.10. The molecule has 0 aromatic heterocycles. The first-order valence-corrected chi connectivity index (χ1v) is 6.80. The fourth-order valence-electron chi connectivity index (χ4n) is 2.53. The van der Waals surface area contributed by atoms with Gasteiger partial charge in [0, 0.05) is 5.92 Å². The molecule has 18 heavy (non-hydrogen) atoms. The summed E-state index contributed by atoms with van der Waals surface area (Å²) >= 11 is 0. The quantitative estimate of drug-likeness (QED) is 0.869. The zero-order valence-electron chi connectivity index (χ0n) is 10.4. The molecule has 3 rings (SSSR count). The summed E-state index contributed by atoms with van der Waals surface area (Å²) in [6, 6.07) is 6.62. The van der Waals surface area contributed by atoms with Crippen molar-refractivity contribution in [1.29, 1.82) is 0 Å². The van der Waals surface area contributed by atoms with Gasteiger partial charge in [-0.05, 0) is 49.3 Å². The van der Waals surface area contributed by atoms with E-state index in [0.717, 1.165) is 31.2 Å². The summed E-state index contributed by atoms with van der Waals surface area (Å²) in [7, 11) is 0. The lowest BCUT2D eigenvalue weighted by molar-refractivity contribution is -0.123. The van der Waals surface area contributed by atoms with Gasteiger partial charge >= 0.3 is 0 Å². The molecule has 0 unspecified atom stereocenters. The predicted molar refractivity (Wildman–Crippen MR) is 67.3 cm³/mol. The number of carbonyl (C=O) groups is 1. The van der Waals surface area contributed by atoms with Crippen molar-refractivity contribution in [2.24, 2.45) is 11.8 Å². The van der Waals surface area contributed by atoms with Gasteiger partial charge in [0.25, 0.3) is 0 Å². The third kappa shape index (κ3) is 2.40. The van der Waals surface area contributed by atoms with Gasteiger partial charge in [-0.2, -0.15) is 0 Å². The number of carbonyl (C=O) groups excluding carboxylic acids is 1. The van der Waals surface area contributed by atoms with E-state index >= 15 is 0 Å². The molecular formula is C15H18FNO. The van der Waals surface area contributed by atoms with Gasteiger partial charge in [0.15, 0.2) is 0 Å². The van der Waals surface area contributed by atoms with E-state index in [0.29, 0.717) is 5.92 Å². The second kappa shape index (κ2) is 4.71. The van der Waals surface area contributed by atoms with Crippen molar-refractivity contribution >= 4 is 5.91 Å². The predicted octanol–water partition coefficient (Wildman–Crippen LogP) is 3.19. The third-order valence-electron chi connectivity index (χ3n) is 4.10. The minimum absolute atomic E-state index is 0.0763. The number of benzene rings is 1. The Labute approximate surface area is 107 Å². The molecule has 1 amide bonds. The van der Waals surface area contributed by atoms with Crippen LogP contribution in [0.25, 0.3) is 0 Å². The highest BCUT2D eigenvalue weighted by Gasteiger charge is 2.35. The van der Waals surface area contributed by atoms with Crippen LogP contribution < -0.4 is 5.32 Å². The molecular weight excluding hydrogens is 229 g/mol. The lowest BCUT2D eigenvalue weighted by Gasteiger charge is -2.34. The lowest BCUT2D eigenvalue weighted by Crippen LogP contribution is -2.37. The molecule has 2 saturated carbocycles. The van der Waals surface area contributed by atoms with Crippen LogP contribution in [0.2, 0.25) is 0 Å². The molecule has 1 aromatic rings. The Balaban J connectivity index is 1.75. The van der Waals surface area contributed by atoms with Crippen molar-refractivity contribution in [2.45, 2.75) is 38.1 Å². The van der Waals surface area contributed by atoms with Gasteiger partial charge in [-0.1, -0.05) is 18.6 Å². The first-order chi connectivity index (χ1) is 8.74. The number of halogens is 1. The van der Waals surface area contributed by atoms with Gasteiger partial charge in [-0.15, -0.1) is 0 Å². The van der Waals surface area contributed by atoms with Crippen LogP contribution in [0.5, 0.6) is 0 Å². The van der Waals surface area contributed by atoms with Crippen LogP contribution in [-0.4, -0.2) is 5.91 Å². The van der Waals surface area contributed by atoms with Crippen molar-refractivity contribution in [2.75, 3.05) is 0 Å². The Hall–Kier alpha value is -1.38. The van der Waals surface area contributed by atoms with Crippen LogP contribution in [0, 0.1) is 17.7 Å². The maximum Gasteiger partial charge on any atom is 0.223 e. The van der Waals surface area contributed by atoms with Crippen molar-refractivity contribution in [3.8, 4) is 0 Å². The first kappa shape index (κ1) is 11.7. The van der Waals surface area contributed by atoms with Crippen LogP contribution in [-0.2, 0) is 4.79 Å². The van der Waals surface area contributed by atoms with Gasteiger partial charge in [0.1, 0.15) is 5.82 Å². The maximum absolute atomic E-state index is 13.0. The monoisotopic (exact) mass is 247 g/mol. The number of rotatable bonds is 4. The van der Waals surface area contributed by atoms with Gasteiger partial charge in [0.2, 0.25) is 5.91 Å². The maximum atomic E-state index is 13.0. The van der Waals surface area contributed by atoms with Crippen LogP contribution >= 0.6 is 0 Å². The molecule has 2 aliphatic rings. The van der Waals surface area contributed by atoms with Gasteiger partial charge in [0.05, 0.1) is 6.04 Å².